The topological polar surface area (TPSA) is 37.8 Å². The highest BCUT2D eigenvalue weighted by molar-refractivity contribution is 6.31. The lowest BCUT2D eigenvalue weighted by Gasteiger charge is -2.09. The SMILES string of the molecule is CCCNc1nccnc1-c1ccc(F)c(Cl)c1. The maximum Gasteiger partial charge on any atom is 0.152 e. The van der Waals surface area contributed by atoms with Gasteiger partial charge in [-0.15, -0.1) is 0 Å². The highest BCUT2D eigenvalue weighted by Crippen LogP contribution is 2.27. The Bertz CT molecular complexity index is 546. The van der Waals surface area contributed by atoms with Gasteiger partial charge in [-0.2, -0.15) is 0 Å². The molecule has 3 nitrogen and oxygen atoms in total. The van der Waals surface area contributed by atoms with Crippen molar-refractivity contribution in [3.8, 4) is 11.3 Å². The van der Waals surface area contributed by atoms with Crippen LogP contribution in [0.15, 0.2) is 30.6 Å². The average Bonchev–Trinajstić information content (AvgIpc) is 2.40. The summed E-state index contributed by atoms with van der Waals surface area (Å²) in [4.78, 5) is 8.50. The molecule has 0 atom stereocenters. The first-order chi connectivity index (χ1) is 8.72. The third-order valence-corrected chi connectivity index (χ3v) is 2.72. The minimum atomic E-state index is -0.438. The maximum atomic E-state index is 13.1. The molecule has 2 aromatic rings. The molecule has 1 heterocycles. The van der Waals surface area contributed by atoms with Gasteiger partial charge in [0, 0.05) is 24.5 Å². The number of halogens is 2. The molecule has 1 aromatic carbocycles. The zero-order chi connectivity index (χ0) is 13.0. The summed E-state index contributed by atoms with van der Waals surface area (Å²) in [6, 6.07) is 4.52. The Morgan fingerprint density at radius 3 is 2.78 bits per heavy atom. The van der Waals surface area contributed by atoms with E-state index in [9.17, 15) is 4.39 Å². The van der Waals surface area contributed by atoms with Crippen LogP contribution in [0, 0.1) is 5.82 Å². The van der Waals surface area contributed by atoms with Gasteiger partial charge in [-0.05, 0) is 24.6 Å². The number of hydrogen-bond acceptors (Lipinski definition) is 3. The van der Waals surface area contributed by atoms with E-state index in [2.05, 4.69) is 22.2 Å². The lowest BCUT2D eigenvalue weighted by molar-refractivity contribution is 0.628. The van der Waals surface area contributed by atoms with Crippen LogP contribution >= 0.6 is 11.6 Å². The molecule has 2 rings (SSSR count). The predicted molar refractivity (Wildman–Crippen MR) is 71.2 cm³/mol. The molecule has 0 aliphatic rings. The lowest BCUT2D eigenvalue weighted by atomic mass is 10.1. The number of rotatable bonds is 4. The van der Waals surface area contributed by atoms with Crippen molar-refractivity contribution in [2.45, 2.75) is 13.3 Å². The van der Waals surface area contributed by atoms with E-state index < -0.39 is 5.82 Å². The monoisotopic (exact) mass is 265 g/mol. The summed E-state index contributed by atoms with van der Waals surface area (Å²) >= 11 is 5.78. The van der Waals surface area contributed by atoms with Gasteiger partial charge >= 0.3 is 0 Å². The smallest absolute Gasteiger partial charge is 0.152 e. The van der Waals surface area contributed by atoms with E-state index in [0.29, 0.717) is 11.5 Å². The number of nitrogens with zero attached hydrogens (tertiary/aromatic N) is 2. The van der Waals surface area contributed by atoms with Gasteiger partial charge in [0.05, 0.1) is 5.02 Å². The Balaban J connectivity index is 2.39. The van der Waals surface area contributed by atoms with E-state index in [-0.39, 0.29) is 5.02 Å². The number of benzene rings is 1. The number of aromatic nitrogens is 2. The largest absolute Gasteiger partial charge is 0.368 e. The zero-order valence-corrected chi connectivity index (χ0v) is 10.7. The Morgan fingerprint density at radius 2 is 2.06 bits per heavy atom. The van der Waals surface area contributed by atoms with Crippen LogP contribution in [-0.4, -0.2) is 16.5 Å². The van der Waals surface area contributed by atoms with Gasteiger partial charge < -0.3 is 5.32 Å². The van der Waals surface area contributed by atoms with Crippen molar-refractivity contribution in [3.05, 3.63) is 41.4 Å². The van der Waals surface area contributed by atoms with Crippen molar-refractivity contribution < 1.29 is 4.39 Å². The molecule has 1 aromatic heterocycles. The molecule has 0 spiro atoms. The molecule has 1 N–H and O–H groups in total. The van der Waals surface area contributed by atoms with Gasteiger partial charge in [0.1, 0.15) is 11.5 Å². The minimum Gasteiger partial charge on any atom is -0.368 e. The van der Waals surface area contributed by atoms with Crippen molar-refractivity contribution >= 4 is 17.4 Å². The van der Waals surface area contributed by atoms with Crippen molar-refractivity contribution in [1.29, 1.82) is 0 Å². The van der Waals surface area contributed by atoms with Gasteiger partial charge in [0.15, 0.2) is 5.82 Å². The van der Waals surface area contributed by atoms with E-state index in [1.165, 1.54) is 6.07 Å². The minimum absolute atomic E-state index is 0.0830. The fraction of sp³-hybridized carbons (Fsp3) is 0.231. The summed E-state index contributed by atoms with van der Waals surface area (Å²) in [6.07, 6.45) is 4.20. The Kier molecular flexibility index (Phi) is 4.10. The van der Waals surface area contributed by atoms with Crippen LogP contribution in [0.4, 0.5) is 10.2 Å². The number of hydrogen-bond donors (Lipinski definition) is 1. The summed E-state index contributed by atoms with van der Waals surface area (Å²) in [6.45, 7) is 2.87. The molecule has 5 heteroatoms. The molecule has 0 bridgehead atoms. The van der Waals surface area contributed by atoms with Crippen LogP contribution in [0.25, 0.3) is 11.3 Å². The second-order valence-electron chi connectivity index (χ2n) is 3.81. The van der Waals surface area contributed by atoms with E-state index in [4.69, 9.17) is 11.6 Å². The van der Waals surface area contributed by atoms with E-state index in [1.807, 2.05) is 0 Å². The highest BCUT2D eigenvalue weighted by atomic mass is 35.5. The third-order valence-electron chi connectivity index (χ3n) is 2.43. The van der Waals surface area contributed by atoms with Gasteiger partial charge in [0.25, 0.3) is 0 Å². The molecule has 0 radical (unpaired) electrons. The van der Waals surface area contributed by atoms with Crippen molar-refractivity contribution in [1.82, 2.24) is 9.97 Å². The molecular formula is C13H13ClFN3. The first-order valence-electron chi connectivity index (χ1n) is 5.72. The summed E-state index contributed by atoms with van der Waals surface area (Å²) in [5.41, 5.74) is 1.42. The highest BCUT2D eigenvalue weighted by Gasteiger charge is 2.09. The van der Waals surface area contributed by atoms with E-state index >= 15 is 0 Å². The second-order valence-corrected chi connectivity index (χ2v) is 4.22. The summed E-state index contributed by atoms with van der Waals surface area (Å²) in [5, 5.41) is 3.27. The average molecular weight is 266 g/mol. The van der Waals surface area contributed by atoms with E-state index in [0.717, 1.165) is 18.5 Å². The number of anilines is 1. The quantitative estimate of drug-likeness (QED) is 0.915. The standard InChI is InChI=1S/C13H13ClFN3/c1-2-5-17-13-12(16-6-7-18-13)9-3-4-11(15)10(14)8-9/h3-4,6-8H,2,5H2,1H3,(H,17,18). The molecule has 18 heavy (non-hydrogen) atoms. The molecular weight excluding hydrogens is 253 g/mol. The van der Waals surface area contributed by atoms with Gasteiger partial charge in [-0.25, -0.2) is 9.37 Å². The lowest BCUT2D eigenvalue weighted by Crippen LogP contribution is -2.04. The number of nitrogens with one attached hydrogen (secondary N) is 1. The third kappa shape index (κ3) is 2.76. The Hall–Kier alpha value is -1.68. The Labute approximate surface area is 110 Å². The van der Waals surface area contributed by atoms with Crippen LogP contribution in [0.3, 0.4) is 0 Å². The van der Waals surface area contributed by atoms with Crippen LogP contribution in [0.5, 0.6) is 0 Å². The molecule has 0 aliphatic heterocycles. The van der Waals surface area contributed by atoms with Gasteiger partial charge in [-0.1, -0.05) is 18.5 Å². The predicted octanol–water partition coefficient (Wildman–Crippen LogP) is 3.76. The molecule has 0 saturated heterocycles. The van der Waals surface area contributed by atoms with Crippen LogP contribution in [0.1, 0.15) is 13.3 Å². The molecule has 0 fully saturated rings. The van der Waals surface area contributed by atoms with Crippen LogP contribution in [0.2, 0.25) is 5.02 Å². The van der Waals surface area contributed by atoms with Crippen LogP contribution < -0.4 is 5.32 Å². The first kappa shape index (κ1) is 12.8. The van der Waals surface area contributed by atoms with Crippen molar-refractivity contribution in [3.63, 3.8) is 0 Å². The maximum absolute atomic E-state index is 13.1. The zero-order valence-electron chi connectivity index (χ0n) is 9.95. The fourth-order valence-corrected chi connectivity index (χ4v) is 1.75. The molecule has 0 saturated carbocycles. The molecule has 0 amide bonds. The summed E-state index contributed by atoms with van der Waals surface area (Å²) in [7, 11) is 0. The van der Waals surface area contributed by atoms with Crippen LogP contribution in [-0.2, 0) is 0 Å². The summed E-state index contributed by atoms with van der Waals surface area (Å²) < 4.78 is 13.1. The van der Waals surface area contributed by atoms with Crippen molar-refractivity contribution in [2.24, 2.45) is 0 Å². The molecule has 0 aliphatic carbocycles. The van der Waals surface area contributed by atoms with Gasteiger partial charge in [0.2, 0.25) is 0 Å². The second kappa shape index (κ2) is 5.78. The summed E-state index contributed by atoms with van der Waals surface area (Å²) in [5.74, 6) is 0.245. The van der Waals surface area contributed by atoms with E-state index in [1.54, 1.807) is 24.5 Å². The fourth-order valence-electron chi connectivity index (χ4n) is 1.57. The molecule has 94 valence electrons. The first-order valence-corrected chi connectivity index (χ1v) is 6.10. The van der Waals surface area contributed by atoms with Crippen molar-refractivity contribution in [2.75, 3.05) is 11.9 Å². The molecule has 0 unspecified atom stereocenters. The van der Waals surface area contributed by atoms with Gasteiger partial charge in [-0.3, -0.25) is 4.98 Å². The normalized spacial score (nSPS) is 10.4. The Morgan fingerprint density at radius 1 is 1.28 bits per heavy atom.